The van der Waals surface area contributed by atoms with E-state index in [-0.39, 0.29) is 0 Å². The molecule has 7 heteroatoms. The predicted octanol–water partition coefficient (Wildman–Crippen LogP) is 0.482. The van der Waals surface area contributed by atoms with Gasteiger partial charge in [-0.2, -0.15) is 0 Å². The van der Waals surface area contributed by atoms with Gasteiger partial charge in [0.05, 0.1) is 5.69 Å². The van der Waals surface area contributed by atoms with Crippen molar-refractivity contribution in [2.24, 2.45) is 18.9 Å². The quantitative estimate of drug-likeness (QED) is 0.821. The van der Waals surface area contributed by atoms with Gasteiger partial charge in [-0.25, -0.2) is 9.97 Å². The van der Waals surface area contributed by atoms with Crippen LogP contribution in [0.25, 0.3) is 0 Å². The first kappa shape index (κ1) is 13.6. The molecule has 2 aliphatic rings. The molecule has 2 unspecified atom stereocenters. The monoisotopic (exact) mass is 299 g/mol. The van der Waals surface area contributed by atoms with Crippen molar-refractivity contribution in [1.29, 1.82) is 0 Å². The van der Waals surface area contributed by atoms with Crippen molar-refractivity contribution < 1.29 is 0 Å². The van der Waals surface area contributed by atoms with Crippen molar-refractivity contribution in [3.05, 3.63) is 30.0 Å². The van der Waals surface area contributed by atoms with E-state index in [1.165, 1.54) is 5.56 Å². The van der Waals surface area contributed by atoms with Crippen molar-refractivity contribution in [3.8, 4) is 0 Å². The van der Waals surface area contributed by atoms with Gasteiger partial charge in [-0.1, -0.05) is 5.21 Å². The molecular formula is C15H21N7. The fourth-order valence-corrected chi connectivity index (χ4v) is 3.81. The van der Waals surface area contributed by atoms with E-state index >= 15 is 0 Å². The third kappa shape index (κ3) is 2.45. The number of aryl methyl sites for hydroxylation is 2. The fourth-order valence-electron chi connectivity index (χ4n) is 3.81. The molecule has 116 valence electrons. The smallest absolute Gasteiger partial charge is 0.134 e. The highest BCUT2D eigenvalue weighted by atomic mass is 15.4. The van der Waals surface area contributed by atoms with Gasteiger partial charge in [0.2, 0.25) is 0 Å². The summed E-state index contributed by atoms with van der Waals surface area (Å²) in [7, 11) is 1.91. The van der Waals surface area contributed by atoms with Gasteiger partial charge in [-0.05, 0) is 18.8 Å². The lowest BCUT2D eigenvalue weighted by molar-refractivity contribution is 0.305. The summed E-state index contributed by atoms with van der Waals surface area (Å²) in [6, 6.07) is 0. The Kier molecular flexibility index (Phi) is 3.29. The minimum Gasteiger partial charge on any atom is -0.356 e. The van der Waals surface area contributed by atoms with E-state index in [9.17, 15) is 0 Å². The van der Waals surface area contributed by atoms with E-state index in [2.05, 4.69) is 37.0 Å². The first-order chi connectivity index (χ1) is 10.7. The van der Waals surface area contributed by atoms with E-state index in [1.807, 2.05) is 19.4 Å². The minimum atomic E-state index is 0.728. The summed E-state index contributed by atoms with van der Waals surface area (Å²) >= 11 is 0. The number of hydrogen-bond donors (Lipinski definition) is 0. The van der Waals surface area contributed by atoms with Crippen molar-refractivity contribution in [2.45, 2.75) is 13.5 Å². The number of aromatic nitrogens is 5. The van der Waals surface area contributed by atoms with Crippen LogP contribution in [0.3, 0.4) is 0 Å². The van der Waals surface area contributed by atoms with E-state index in [0.717, 1.165) is 56.1 Å². The molecule has 4 rings (SSSR count). The Morgan fingerprint density at radius 2 is 1.95 bits per heavy atom. The molecule has 0 aromatic carbocycles. The highest BCUT2D eigenvalue weighted by Gasteiger charge is 2.40. The van der Waals surface area contributed by atoms with Crippen LogP contribution in [0.4, 0.5) is 5.82 Å². The number of likely N-dealkylation sites (tertiary alicyclic amines) is 1. The molecule has 2 saturated heterocycles. The van der Waals surface area contributed by atoms with Crippen LogP contribution in [-0.2, 0) is 13.6 Å². The summed E-state index contributed by atoms with van der Waals surface area (Å²) in [5.74, 6) is 2.56. The zero-order valence-corrected chi connectivity index (χ0v) is 13.1. The van der Waals surface area contributed by atoms with Crippen molar-refractivity contribution in [1.82, 2.24) is 29.9 Å². The second-order valence-electron chi connectivity index (χ2n) is 6.53. The Hall–Kier alpha value is -2.02. The number of hydrogen-bond acceptors (Lipinski definition) is 6. The Labute approximate surface area is 130 Å². The van der Waals surface area contributed by atoms with Crippen molar-refractivity contribution in [2.75, 3.05) is 31.1 Å². The number of nitrogens with zero attached hydrogens (tertiary/aromatic N) is 7. The van der Waals surface area contributed by atoms with Crippen LogP contribution in [0.1, 0.15) is 11.3 Å². The summed E-state index contributed by atoms with van der Waals surface area (Å²) < 4.78 is 1.77. The van der Waals surface area contributed by atoms with Crippen LogP contribution in [0, 0.1) is 18.8 Å². The third-order valence-corrected chi connectivity index (χ3v) is 4.76. The van der Waals surface area contributed by atoms with Crippen molar-refractivity contribution >= 4 is 5.82 Å². The number of anilines is 1. The zero-order chi connectivity index (χ0) is 15.1. The van der Waals surface area contributed by atoms with Gasteiger partial charge in [-0.3, -0.25) is 9.58 Å². The van der Waals surface area contributed by atoms with Crippen molar-refractivity contribution in [3.63, 3.8) is 0 Å². The van der Waals surface area contributed by atoms with Gasteiger partial charge in [0, 0.05) is 57.7 Å². The molecular weight excluding hydrogens is 278 g/mol. The molecule has 2 aromatic rings. The van der Waals surface area contributed by atoms with Gasteiger partial charge in [0.15, 0.2) is 0 Å². The summed E-state index contributed by atoms with van der Waals surface area (Å²) in [5, 5.41) is 8.20. The normalized spacial score (nSPS) is 24.9. The molecule has 0 spiro atoms. The number of fused-ring (bicyclic) bond motifs is 1. The van der Waals surface area contributed by atoms with Crippen LogP contribution >= 0.6 is 0 Å². The molecule has 2 fully saturated rings. The molecule has 0 amide bonds. The highest BCUT2D eigenvalue weighted by Crippen LogP contribution is 2.34. The molecule has 7 nitrogen and oxygen atoms in total. The van der Waals surface area contributed by atoms with Gasteiger partial charge in [-0.15, -0.1) is 5.10 Å². The Morgan fingerprint density at radius 3 is 2.59 bits per heavy atom. The standard InChI is InChI=1S/C15H21N7/c1-11-3-16-10-17-15(11)22-6-12-4-21(5-13(12)7-22)9-14-8-20(2)19-18-14/h3,8,10,12-13H,4-7,9H2,1-2H3. The molecule has 2 aromatic heterocycles. The van der Waals surface area contributed by atoms with Crippen LogP contribution < -0.4 is 4.90 Å². The number of rotatable bonds is 3. The maximum atomic E-state index is 4.46. The molecule has 2 atom stereocenters. The molecule has 22 heavy (non-hydrogen) atoms. The molecule has 0 radical (unpaired) electrons. The average Bonchev–Trinajstić information content (AvgIpc) is 3.14. The lowest BCUT2D eigenvalue weighted by Crippen LogP contribution is -2.29. The fraction of sp³-hybridized carbons (Fsp3) is 0.600. The Balaban J connectivity index is 1.39. The molecule has 0 bridgehead atoms. The molecule has 0 aliphatic carbocycles. The molecule has 4 heterocycles. The summed E-state index contributed by atoms with van der Waals surface area (Å²) in [6.45, 7) is 7.47. The van der Waals surface area contributed by atoms with Crippen LogP contribution in [0.15, 0.2) is 18.7 Å². The Morgan fingerprint density at radius 1 is 1.18 bits per heavy atom. The lowest BCUT2D eigenvalue weighted by atomic mass is 10.0. The topological polar surface area (TPSA) is 63.0 Å². The molecule has 2 aliphatic heterocycles. The van der Waals surface area contributed by atoms with Gasteiger partial charge in [0.1, 0.15) is 12.1 Å². The average molecular weight is 299 g/mol. The highest BCUT2D eigenvalue weighted by molar-refractivity contribution is 5.46. The summed E-state index contributed by atoms with van der Waals surface area (Å²) in [4.78, 5) is 13.5. The van der Waals surface area contributed by atoms with Crippen LogP contribution in [-0.4, -0.2) is 56.0 Å². The lowest BCUT2D eigenvalue weighted by Gasteiger charge is -2.22. The molecule has 0 N–H and O–H groups in total. The Bertz CT molecular complexity index is 653. The predicted molar refractivity (Wildman–Crippen MR) is 82.2 cm³/mol. The van der Waals surface area contributed by atoms with Gasteiger partial charge < -0.3 is 4.90 Å². The minimum absolute atomic E-state index is 0.728. The maximum absolute atomic E-state index is 4.46. The third-order valence-electron chi connectivity index (χ3n) is 4.76. The van der Waals surface area contributed by atoms with Crippen LogP contribution in [0.5, 0.6) is 0 Å². The van der Waals surface area contributed by atoms with Crippen LogP contribution in [0.2, 0.25) is 0 Å². The first-order valence-electron chi connectivity index (χ1n) is 7.78. The summed E-state index contributed by atoms with van der Waals surface area (Å²) in [5.41, 5.74) is 2.23. The largest absolute Gasteiger partial charge is 0.356 e. The SMILES string of the molecule is Cc1cncnc1N1CC2CN(Cc3cn(C)nn3)CC2C1. The molecule has 0 saturated carbocycles. The van der Waals surface area contributed by atoms with E-state index < -0.39 is 0 Å². The van der Waals surface area contributed by atoms with E-state index in [4.69, 9.17) is 0 Å². The van der Waals surface area contributed by atoms with E-state index in [0.29, 0.717) is 0 Å². The first-order valence-corrected chi connectivity index (χ1v) is 7.78. The van der Waals surface area contributed by atoms with Gasteiger partial charge >= 0.3 is 0 Å². The maximum Gasteiger partial charge on any atom is 0.134 e. The van der Waals surface area contributed by atoms with E-state index in [1.54, 1.807) is 11.0 Å². The second kappa shape index (κ2) is 5.31. The zero-order valence-electron chi connectivity index (χ0n) is 13.1. The summed E-state index contributed by atoms with van der Waals surface area (Å²) in [6.07, 6.45) is 5.55. The second-order valence-corrected chi connectivity index (χ2v) is 6.53. The van der Waals surface area contributed by atoms with Gasteiger partial charge in [0.25, 0.3) is 0 Å².